The zero-order valence-corrected chi connectivity index (χ0v) is 13.6. The van der Waals surface area contributed by atoms with Crippen LogP contribution in [0, 0.1) is 10.1 Å². The van der Waals surface area contributed by atoms with E-state index in [1.807, 2.05) is 24.3 Å². The molecule has 0 atom stereocenters. The van der Waals surface area contributed by atoms with Gasteiger partial charge >= 0.3 is 0 Å². The Morgan fingerprint density at radius 2 is 1.92 bits per heavy atom. The standard InChI is InChI=1S/C17H15N3O3S/c21-16(18-12-8-10-13(11-9-12)20(22)23)6-3-7-17-19-14-4-1-2-5-15(14)24-17/h1-2,4-5,8-11H,3,6-7H2,(H,18,21). The summed E-state index contributed by atoms with van der Waals surface area (Å²) in [6, 6.07) is 13.8. The monoisotopic (exact) mass is 341 g/mol. The SMILES string of the molecule is O=C(CCCc1nc2ccccc2s1)Nc1ccc([N+](=O)[O-])cc1. The zero-order chi connectivity index (χ0) is 16.9. The molecule has 3 aromatic rings. The number of aryl methyl sites for hydroxylation is 1. The molecular formula is C17H15N3O3S. The number of nitrogens with one attached hydrogen (secondary N) is 1. The van der Waals surface area contributed by atoms with Gasteiger partial charge in [0.2, 0.25) is 5.91 Å². The minimum Gasteiger partial charge on any atom is -0.326 e. The first-order valence-electron chi connectivity index (χ1n) is 7.50. The number of benzene rings is 2. The van der Waals surface area contributed by atoms with Crippen molar-refractivity contribution in [2.24, 2.45) is 0 Å². The molecular weight excluding hydrogens is 326 g/mol. The fourth-order valence-electron chi connectivity index (χ4n) is 2.32. The van der Waals surface area contributed by atoms with Crippen LogP contribution in [-0.2, 0) is 11.2 Å². The van der Waals surface area contributed by atoms with Gasteiger partial charge in [0, 0.05) is 24.2 Å². The lowest BCUT2D eigenvalue weighted by atomic mass is 10.2. The molecule has 1 N–H and O–H groups in total. The number of nitro benzene ring substituents is 1. The number of rotatable bonds is 6. The highest BCUT2D eigenvalue weighted by molar-refractivity contribution is 7.18. The fourth-order valence-corrected chi connectivity index (χ4v) is 3.33. The number of carbonyl (C=O) groups is 1. The first-order valence-corrected chi connectivity index (χ1v) is 8.32. The van der Waals surface area contributed by atoms with E-state index in [1.165, 1.54) is 24.3 Å². The third kappa shape index (κ3) is 3.94. The molecule has 7 heteroatoms. The Morgan fingerprint density at radius 3 is 2.62 bits per heavy atom. The van der Waals surface area contributed by atoms with Crippen molar-refractivity contribution >= 4 is 38.8 Å². The summed E-state index contributed by atoms with van der Waals surface area (Å²) in [5, 5.41) is 14.4. The molecule has 2 aromatic carbocycles. The van der Waals surface area contributed by atoms with Crippen molar-refractivity contribution in [3.8, 4) is 0 Å². The second-order valence-corrected chi connectivity index (χ2v) is 6.40. The Labute approximate surface area is 142 Å². The quantitative estimate of drug-likeness (QED) is 0.539. The second kappa shape index (κ2) is 7.18. The highest BCUT2D eigenvalue weighted by atomic mass is 32.1. The molecule has 3 rings (SSSR count). The van der Waals surface area contributed by atoms with Gasteiger partial charge in [-0.05, 0) is 37.1 Å². The van der Waals surface area contributed by atoms with Gasteiger partial charge in [-0.25, -0.2) is 4.98 Å². The molecule has 0 bridgehead atoms. The van der Waals surface area contributed by atoms with Crippen LogP contribution in [0.3, 0.4) is 0 Å². The van der Waals surface area contributed by atoms with Gasteiger partial charge in [0.1, 0.15) is 0 Å². The molecule has 24 heavy (non-hydrogen) atoms. The molecule has 0 aliphatic carbocycles. The summed E-state index contributed by atoms with van der Waals surface area (Å²) in [6.07, 6.45) is 1.85. The van der Waals surface area contributed by atoms with Crippen LogP contribution in [-0.4, -0.2) is 15.8 Å². The lowest BCUT2D eigenvalue weighted by molar-refractivity contribution is -0.384. The molecule has 122 valence electrons. The number of aromatic nitrogens is 1. The molecule has 1 heterocycles. The molecule has 0 aliphatic rings. The van der Waals surface area contributed by atoms with E-state index in [0.29, 0.717) is 18.5 Å². The smallest absolute Gasteiger partial charge is 0.269 e. The van der Waals surface area contributed by atoms with Gasteiger partial charge in [-0.15, -0.1) is 11.3 Å². The molecule has 0 fully saturated rings. The third-order valence-electron chi connectivity index (χ3n) is 3.49. The molecule has 0 unspecified atom stereocenters. The first kappa shape index (κ1) is 16.1. The Balaban J connectivity index is 1.49. The van der Waals surface area contributed by atoms with Crippen molar-refractivity contribution in [3.63, 3.8) is 0 Å². The molecule has 0 radical (unpaired) electrons. The van der Waals surface area contributed by atoms with Gasteiger partial charge < -0.3 is 5.32 Å². The van der Waals surface area contributed by atoms with Crippen LogP contribution >= 0.6 is 11.3 Å². The Morgan fingerprint density at radius 1 is 1.17 bits per heavy atom. The van der Waals surface area contributed by atoms with Gasteiger partial charge in [0.15, 0.2) is 0 Å². The number of nitro groups is 1. The largest absolute Gasteiger partial charge is 0.326 e. The van der Waals surface area contributed by atoms with Crippen molar-refractivity contribution in [3.05, 3.63) is 63.7 Å². The number of fused-ring (bicyclic) bond motifs is 1. The predicted molar refractivity (Wildman–Crippen MR) is 94.3 cm³/mol. The summed E-state index contributed by atoms with van der Waals surface area (Å²) < 4.78 is 1.16. The van der Waals surface area contributed by atoms with E-state index >= 15 is 0 Å². The Kier molecular flexibility index (Phi) is 4.81. The first-order chi connectivity index (χ1) is 11.6. The average Bonchev–Trinajstić information content (AvgIpc) is 2.98. The number of amides is 1. The van der Waals surface area contributed by atoms with Gasteiger partial charge in [0.25, 0.3) is 5.69 Å². The topological polar surface area (TPSA) is 85.1 Å². The van der Waals surface area contributed by atoms with Gasteiger partial charge in [-0.2, -0.15) is 0 Å². The minimum absolute atomic E-state index is 0.00355. The summed E-state index contributed by atoms with van der Waals surface area (Å²) in [5.41, 5.74) is 1.56. The van der Waals surface area contributed by atoms with Crippen LogP contribution in [0.15, 0.2) is 48.5 Å². The molecule has 1 aromatic heterocycles. The van der Waals surface area contributed by atoms with Crippen LogP contribution in [0.4, 0.5) is 11.4 Å². The molecule has 0 spiro atoms. The van der Waals surface area contributed by atoms with Crippen LogP contribution in [0.2, 0.25) is 0 Å². The lowest BCUT2D eigenvalue weighted by Crippen LogP contribution is -2.11. The third-order valence-corrected chi connectivity index (χ3v) is 4.59. The number of nitrogens with zero attached hydrogens (tertiary/aromatic N) is 2. The summed E-state index contributed by atoms with van der Waals surface area (Å²) in [6.45, 7) is 0. The second-order valence-electron chi connectivity index (χ2n) is 5.28. The van der Waals surface area contributed by atoms with Gasteiger partial charge in [0.05, 0.1) is 20.1 Å². The number of thiazole rings is 1. The van der Waals surface area contributed by atoms with Crippen molar-refractivity contribution in [2.75, 3.05) is 5.32 Å². The van der Waals surface area contributed by atoms with Crippen LogP contribution in [0.1, 0.15) is 17.8 Å². The highest BCUT2D eigenvalue weighted by Gasteiger charge is 2.08. The number of para-hydroxylation sites is 1. The Hall–Kier alpha value is -2.80. The maximum Gasteiger partial charge on any atom is 0.269 e. The van der Waals surface area contributed by atoms with Gasteiger partial charge in [-0.1, -0.05) is 12.1 Å². The van der Waals surface area contributed by atoms with Gasteiger partial charge in [-0.3, -0.25) is 14.9 Å². The maximum atomic E-state index is 11.9. The summed E-state index contributed by atoms with van der Waals surface area (Å²) in [7, 11) is 0. The maximum absolute atomic E-state index is 11.9. The van der Waals surface area contributed by atoms with E-state index in [-0.39, 0.29) is 11.6 Å². The van der Waals surface area contributed by atoms with Crippen molar-refractivity contribution in [2.45, 2.75) is 19.3 Å². The molecule has 6 nitrogen and oxygen atoms in total. The van der Waals surface area contributed by atoms with Crippen LogP contribution < -0.4 is 5.32 Å². The van der Waals surface area contributed by atoms with E-state index in [4.69, 9.17) is 0 Å². The zero-order valence-electron chi connectivity index (χ0n) is 12.8. The van der Waals surface area contributed by atoms with E-state index < -0.39 is 4.92 Å². The van der Waals surface area contributed by atoms with Crippen molar-refractivity contribution in [1.29, 1.82) is 0 Å². The lowest BCUT2D eigenvalue weighted by Gasteiger charge is -2.04. The van der Waals surface area contributed by atoms with Crippen LogP contribution in [0.25, 0.3) is 10.2 Å². The summed E-state index contributed by atoms with van der Waals surface area (Å²) in [5.74, 6) is -0.107. The number of carbonyl (C=O) groups excluding carboxylic acids is 1. The Bertz CT molecular complexity index is 841. The fraction of sp³-hybridized carbons (Fsp3) is 0.176. The number of non-ortho nitro benzene ring substituents is 1. The van der Waals surface area contributed by atoms with Crippen LogP contribution in [0.5, 0.6) is 0 Å². The predicted octanol–water partition coefficient (Wildman–Crippen LogP) is 4.17. The summed E-state index contributed by atoms with van der Waals surface area (Å²) >= 11 is 1.65. The van der Waals surface area contributed by atoms with Crippen molar-refractivity contribution < 1.29 is 9.72 Å². The molecule has 0 aliphatic heterocycles. The van der Waals surface area contributed by atoms with E-state index in [2.05, 4.69) is 10.3 Å². The molecule has 1 amide bonds. The minimum atomic E-state index is -0.469. The highest BCUT2D eigenvalue weighted by Crippen LogP contribution is 2.23. The summed E-state index contributed by atoms with van der Waals surface area (Å²) in [4.78, 5) is 26.6. The molecule has 0 saturated heterocycles. The molecule has 0 saturated carbocycles. The normalized spacial score (nSPS) is 10.7. The van der Waals surface area contributed by atoms with E-state index in [0.717, 1.165) is 21.6 Å². The number of hydrogen-bond acceptors (Lipinski definition) is 5. The average molecular weight is 341 g/mol. The number of anilines is 1. The van der Waals surface area contributed by atoms with E-state index in [1.54, 1.807) is 11.3 Å². The number of hydrogen-bond donors (Lipinski definition) is 1. The van der Waals surface area contributed by atoms with Crippen molar-refractivity contribution in [1.82, 2.24) is 4.98 Å². The van der Waals surface area contributed by atoms with E-state index in [9.17, 15) is 14.9 Å².